The van der Waals surface area contributed by atoms with Crippen molar-refractivity contribution in [2.24, 2.45) is 0 Å². The number of amides is 1. The number of benzene rings is 1. The number of hydrogen-bond acceptors (Lipinski definition) is 5. The number of methoxy groups -OCH3 is 1. The van der Waals surface area contributed by atoms with Crippen LogP contribution >= 0.6 is 0 Å². The van der Waals surface area contributed by atoms with Gasteiger partial charge in [0.05, 0.1) is 19.2 Å². The molecule has 7 nitrogen and oxygen atoms in total. The lowest BCUT2D eigenvalue weighted by atomic mass is 10.1. The van der Waals surface area contributed by atoms with Crippen LogP contribution in [0.4, 0.5) is 0 Å². The van der Waals surface area contributed by atoms with Crippen LogP contribution in [-0.4, -0.2) is 29.2 Å². The van der Waals surface area contributed by atoms with E-state index >= 15 is 0 Å². The summed E-state index contributed by atoms with van der Waals surface area (Å²) in [4.78, 5) is 23.9. The Kier molecular flexibility index (Phi) is 4.07. The summed E-state index contributed by atoms with van der Waals surface area (Å²) in [6.07, 6.45) is 0. The molecule has 0 atom stereocenters. The fraction of sp³-hybridized carbons (Fsp3) is 0.235. The normalized spacial score (nSPS) is 10.8. The Hall–Kier alpha value is -3.09. The van der Waals surface area contributed by atoms with Crippen molar-refractivity contribution in [3.05, 3.63) is 52.6 Å². The zero-order valence-corrected chi connectivity index (χ0v) is 13.6. The Morgan fingerprint density at radius 3 is 2.83 bits per heavy atom. The Labute approximate surface area is 138 Å². The van der Waals surface area contributed by atoms with Gasteiger partial charge in [-0.05, 0) is 32.0 Å². The van der Waals surface area contributed by atoms with Crippen molar-refractivity contribution >= 4 is 22.8 Å². The Balaban J connectivity index is 1.75. The second-order valence-corrected chi connectivity index (χ2v) is 5.48. The van der Waals surface area contributed by atoms with Crippen LogP contribution in [0.5, 0.6) is 0 Å². The number of furan rings is 1. The number of hydrogen-bond donors (Lipinski definition) is 2. The monoisotopic (exact) mass is 327 g/mol. The molecule has 124 valence electrons. The first-order valence-electron chi connectivity index (χ1n) is 7.40. The van der Waals surface area contributed by atoms with Crippen LogP contribution in [0.1, 0.15) is 37.9 Å². The number of ether oxygens (including phenoxy) is 1. The molecule has 0 saturated carbocycles. The van der Waals surface area contributed by atoms with Gasteiger partial charge < -0.3 is 14.5 Å². The molecule has 2 N–H and O–H groups in total. The third kappa shape index (κ3) is 2.88. The van der Waals surface area contributed by atoms with E-state index < -0.39 is 5.97 Å². The molecule has 3 aromatic rings. The smallest absolute Gasteiger partial charge is 0.341 e. The molecule has 0 spiro atoms. The Morgan fingerprint density at radius 1 is 1.29 bits per heavy atom. The van der Waals surface area contributed by atoms with Gasteiger partial charge in [0, 0.05) is 5.39 Å². The van der Waals surface area contributed by atoms with E-state index in [1.807, 2.05) is 25.1 Å². The average Bonchev–Trinajstić information content (AvgIpc) is 3.15. The van der Waals surface area contributed by atoms with Gasteiger partial charge in [-0.25, -0.2) is 4.79 Å². The van der Waals surface area contributed by atoms with Gasteiger partial charge in [-0.15, -0.1) is 0 Å². The van der Waals surface area contributed by atoms with Gasteiger partial charge in [0.1, 0.15) is 17.1 Å². The number of H-pyrrole nitrogens is 1. The first-order chi connectivity index (χ1) is 11.5. The summed E-state index contributed by atoms with van der Waals surface area (Å²) < 4.78 is 10.1. The molecular weight excluding hydrogens is 310 g/mol. The van der Waals surface area contributed by atoms with Crippen LogP contribution < -0.4 is 5.32 Å². The molecule has 2 aromatic heterocycles. The van der Waals surface area contributed by atoms with Crippen molar-refractivity contribution in [2.75, 3.05) is 7.11 Å². The number of nitrogens with one attached hydrogen (secondary N) is 2. The Bertz CT molecular complexity index is 923. The minimum Gasteiger partial charge on any atom is -0.465 e. The highest BCUT2D eigenvalue weighted by Gasteiger charge is 2.17. The molecule has 0 radical (unpaired) electrons. The maximum absolute atomic E-state index is 12.4. The third-order valence-corrected chi connectivity index (χ3v) is 3.73. The lowest BCUT2D eigenvalue weighted by molar-refractivity contribution is 0.0598. The van der Waals surface area contributed by atoms with Crippen LogP contribution in [0.25, 0.3) is 10.9 Å². The third-order valence-electron chi connectivity index (χ3n) is 3.73. The average molecular weight is 327 g/mol. The Morgan fingerprint density at radius 2 is 2.08 bits per heavy atom. The minimum atomic E-state index is -0.470. The lowest BCUT2D eigenvalue weighted by Crippen LogP contribution is -2.23. The predicted molar refractivity (Wildman–Crippen MR) is 86.8 cm³/mol. The summed E-state index contributed by atoms with van der Waals surface area (Å²) in [5.74, 6) is 0.132. The van der Waals surface area contributed by atoms with Crippen LogP contribution in [0.3, 0.4) is 0 Å². The van der Waals surface area contributed by atoms with Gasteiger partial charge in [0.15, 0.2) is 5.69 Å². The molecule has 2 heterocycles. The molecule has 0 aliphatic carbocycles. The molecule has 1 amide bonds. The van der Waals surface area contributed by atoms with Crippen LogP contribution in [-0.2, 0) is 11.3 Å². The molecule has 24 heavy (non-hydrogen) atoms. The van der Waals surface area contributed by atoms with Crippen molar-refractivity contribution in [1.29, 1.82) is 0 Å². The van der Waals surface area contributed by atoms with E-state index in [1.165, 1.54) is 7.11 Å². The van der Waals surface area contributed by atoms with Gasteiger partial charge in [0.2, 0.25) is 0 Å². The molecule has 1 aromatic carbocycles. The quantitative estimate of drug-likeness (QED) is 0.718. The van der Waals surface area contributed by atoms with Crippen LogP contribution in [0.15, 0.2) is 28.7 Å². The lowest BCUT2D eigenvalue weighted by Gasteiger charge is -2.01. The van der Waals surface area contributed by atoms with Gasteiger partial charge in [-0.3, -0.25) is 9.89 Å². The van der Waals surface area contributed by atoms with E-state index in [2.05, 4.69) is 20.3 Å². The molecule has 0 bridgehead atoms. The van der Waals surface area contributed by atoms with Gasteiger partial charge in [-0.1, -0.05) is 11.6 Å². The summed E-state index contributed by atoms with van der Waals surface area (Å²) in [6, 6.07) is 7.30. The molecule has 7 heteroatoms. The number of fused-ring (bicyclic) bond motifs is 1. The molecule has 0 saturated heterocycles. The second-order valence-electron chi connectivity index (χ2n) is 5.48. The maximum Gasteiger partial charge on any atom is 0.341 e. The van der Waals surface area contributed by atoms with Crippen LogP contribution in [0.2, 0.25) is 0 Å². The number of rotatable bonds is 4. The van der Waals surface area contributed by atoms with Gasteiger partial charge >= 0.3 is 5.97 Å². The molecule has 0 unspecified atom stereocenters. The largest absolute Gasteiger partial charge is 0.465 e. The topological polar surface area (TPSA) is 97.2 Å². The number of nitrogens with zero attached hydrogens (tertiary/aromatic N) is 1. The summed E-state index contributed by atoms with van der Waals surface area (Å²) in [5.41, 5.74) is 2.52. The van der Waals surface area contributed by atoms with Crippen molar-refractivity contribution in [3.8, 4) is 0 Å². The summed E-state index contributed by atoms with van der Waals surface area (Å²) in [6.45, 7) is 3.77. The highest BCUT2D eigenvalue weighted by Crippen LogP contribution is 2.18. The van der Waals surface area contributed by atoms with Crippen LogP contribution in [0, 0.1) is 13.8 Å². The van der Waals surface area contributed by atoms with E-state index in [-0.39, 0.29) is 12.5 Å². The van der Waals surface area contributed by atoms with Crippen molar-refractivity contribution in [3.63, 3.8) is 0 Å². The van der Waals surface area contributed by atoms with Crippen molar-refractivity contribution in [1.82, 2.24) is 15.5 Å². The van der Waals surface area contributed by atoms with Crippen molar-refractivity contribution < 1.29 is 18.7 Å². The highest BCUT2D eigenvalue weighted by atomic mass is 16.5. The molecule has 3 rings (SSSR count). The van der Waals surface area contributed by atoms with Gasteiger partial charge in [-0.2, -0.15) is 5.10 Å². The molecule has 0 aliphatic rings. The standard InChI is InChI=1S/C17H17N3O4/c1-9-4-5-14-13(6-9)15(20-19-14)16(21)18-8-11-7-12(10(2)24-11)17(22)23-3/h4-7H,8H2,1-3H3,(H,18,21)(H,19,20). The summed E-state index contributed by atoms with van der Waals surface area (Å²) >= 11 is 0. The first kappa shape index (κ1) is 15.8. The summed E-state index contributed by atoms with van der Waals surface area (Å²) in [7, 11) is 1.31. The van der Waals surface area contributed by atoms with E-state index in [0.717, 1.165) is 16.5 Å². The zero-order chi connectivity index (χ0) is 17.3. The molecular formula is C17H17N3O4. The molecule has 0 fully saturated rings. The maximum atomic E-state index is 12.4. The van der Waals surface area contributed by atoms with E-state index in [4.69, 9.17) is 4.42 Å². The number of aromatic amines is 1. The van der Waals surface area contributed by atoms with E-state index in [0.29, 0.717) is 22.8 Å². The van der Waals surface area contributed by atoms with E-state index in [9.17, 15) is 9.59 Å². The SMILES string of the molecule is COC(=O)c1cc(CNC(=O)c2n[nH]c3ccc(C)cc23)oc1C. The number of esters is 1. The minimum absolute atomic E-state index is 0.150. The van der Waals surface area contributed by atoms with E-state index in [1.54, 1.807) is 13.0 Å². The fourth-order valence-electron chi connectivity index (χ4n) is 2.50. The zero-order valence-electron chi connectivity index (χ0n) is 13.6. The number of aromatic nitrogens is 2. The first-order valence-corrected chi connectivity index (χ1v) is 7.40. The molecule has 0 aliphatic heterocycles. The van der Waals surface area contributed by atoms with Gasteiger partial charge in [0.25, 0.3) is 5.91 Å². The van der Waals surface area contributed by atoms with Crippen molar-refractivity contribution in [2.45, 2.75) is 20.4 Å². The summed E-state index contributed by atoms with van der Waals surface area (Å²) in [5, 5.41) is 10.4. The second kappa shape index (κ2) is 6.19. The number of carbonyl (C=O) groups excluding carboxylic acids is 2. The highest BCUT2D eigenvalue weighted by molar-refractivity contribution is 6.04. The number of carbonyl (C=O) groups is 2. The number of aryl methyl sites for hydroxylation is 2. The predicted octanol–water partition coefficient (Wildman–Crippen LogP) is 2.49. The fourth-order valence-corrected chi connectivity index (χ4v) is 2.50.